The Kier molecular flexibility index (Phi) is 12.9. The van der Waals surface area contributed by atoms with Crippen molar-refractivity contribution in [3.8, 4) is 11.5 Å². The van der Waals surface area contributed by atoms with Crippen molar-refractivity contribution in [2.24, 2.45) is 9.98 Å². The summed E-state index contributed by atoms with van der Waals surface area (Å²) in [5.41, 5.74) is 1.38. The van der Waals surface area contributed by atoms with E-state index in [4.69, 9.17) is 22.4 Å². The molecule has 11 heteroatoms. The van der Waals surface area contributed by atoms with Crippen LogP contribution in [0.4, 0.5) is 0 Å². The Bertz CT molecular complexity index is 677. The molecular formula is C16H16ClCrN2O7-. The van der Waals surface area contributed by atoms with Crippen LogP contribution >= 0.6 is 0 Å². The van der Waals surface area contributed by atoms with Gasteiger partial charge in [-0.1, -0.05) is 24.3 Å². The van der Waals surface area contributed by atoms with E-state index in [0.29, 0.717) is 24.2 Å². The average molecular weight is 436 g/mol. The molecule has 0 radical (unpaired) electrons. The number of nitrogens with zero attached hydrogens (tertiary/aromatic N) is 2. The maximum atomic E-state index is 9.54. The van der Waals surface area contributed by atoms with Crippen LogP contribution in [-0.2, 0) is 20.0 Å². The van der Waals surface area contributed by atoms with Crippen LogP contribution in [0.25, 0.3) is 0 Å². The molecule has 27 heavy (non-hydrogen) atoms. The molecular weight excluding hydrogens is 420 g/mol. The average Bonchev–Trinajstić information content (AvgIpc) is 2.61. The molecule has 0 saturated carbocycles. The summed E-state index contributed by atoms with van der Waals surface area (Å²) in [5.74, 6) is 0.433. The van der Waals surface area contributed by atoms with Crippen molar-refractivity contribution in [1.29, 1.82) is 0 Å². The molecule has 0 amide bonds. The summed E-state index contributed by atoms with van der Waals surface area (Å²) in [5, 5.41) is 19.1. The maximum absolute atomic E-state index is 9.54. The van der Waals surface area contributed by atoms with Gasteiger partial charge in [0.2, 0.25) is 0 Å². The summed E-state index contributed by atoms with van der Waals surface area (Å²) >= 11 is 1.38. The number of para-hydroxylation sites is 2. The van der Waals surface area contributed by atoms with Crippen molar-refractivity contribution in [3.05, 3.63) is 59.7 Å². The third kappa shape index (κ3) is 13.7. The van der Waals surface area contributed by atoms with E-state index in [9.17, 15) is 10.2 Å². The van der Waals surface area contributed by atoms with Gasteiger partial charge >= 0.3 is 20.0 Å². The van der Waals surface area contributed by atoms with E-state index in [1.165, 1.54) is 16.2 Å². The molecule has 0 aliphatic rings. The van der Waals surface area contributed by atoms with Gasteiger partial charge in [0.05, 0.1) is 13.1 Å². The first-order chi connectivity index (χ1) is 12.8. The standard InChI is InChI=1S/C16H16N2O2.ClHO4.Cr.O/c19-15-7-3-1-5-13(15)11-17-9-10-18-12-14-6-2-4-8-16(14)20;2-1(3,4)5;;/h1-8,11-12,19-20H,9-10H2;(H,2,3,4,5);;/p-1. The SMILES string of the molecule is Oc1ccccc1C=NCCN=Cc1ccccc1O.[O-][Cl+3]([O-])([O-])[O-].[O]=[Cr]. The number of phenols is 2. The number of phenolic OH excluding ortho intramolecular Hbond substituents is 2. The first kappa shape index (κ1) is 24.8. The summed E-state index contributed by atoms with van der Waals surface area (Å²) in [6.45, 7) is 1.05. The normalized spacial score (nSPS) is 10.8. The monoisotopic (exact) mass is 435 g/mol. The van der Waals surface area contributed by atoms with Gasteiger partial charge in [0.1, 0.15) is 11.5 Å². The Labute approximate surface area is 166 Å². The van der Waals surface area contributed by atoms with Gasteiger partial charge in [-0.3, -0.25) is 9.98 Å². The Morgan fingerprint density at radius 2 is 1.07 bits per heavy atom. The van der Waals surface area contributed by atoms with E-state index in [1.807, 2.05) is 12.1 Å². The molecule has 146 valence electrons. The van der Waals surface area contributed by atoms with Crippen LogP contribution < -0.4 is 18.6 Å². The number of benzene rings is 2. The van der Waals surface area contributed by atoms with Gasteiger partial charge in [-0.05, 0) is 24.3 Å². The zero-order valence-corrected chi connectivity index (χ0v) is 15.8. The van der Waals surface area contributed by atoms with Gasteiger partial charge in [-0.15, -0.1) is 10.2 Å². The van der Waals surface area contributed by atoms with Crippen molar-refractivity contribution < 1.29 is 59.1 Å². The predicted octanol–water partition coefficient (Wildman–Crippen LogP) is -2.24. The van der Waals surface area contributed by atoms with Crippen LogP contribution in [0.15, 0.2) is 58.5 Å². The molecule has 0 bridgehead atoms. The minimum atomic E-state index is -4.94. The summed E-state index contributed by atoms with van der Waals surface area (Å²) < 4.78 is 42.1. The quantitative estimate of drug-likeness (QED) is 0.394. The molecule has 0 atom stereocenters. The molecule has 0 aliphatic carbocycles. The van der Waals surface area contributed by atoms with E-state index in [-0.39, 0.29) is 11.5 Å². The van der Waals surface area contributed by atoms with Gasteiger partial charge in [0.15, 0.2) is 0 Å². The molecule has 0 unspecified atom stereocenters. The molecule has 0 saturated heterocycles. The van der Waals surface area contributed by atoms with Crippen LogP contribution in [0.5, 0.6) is 11.5 Å². The topological polar surface area (TPSA) is 174 Å². The summed E-state index contributed by atoms with van der Waals surface area (Å²) in [6.07, 6.45) is 3.26. The van der Waals surface area contributed by atoms with E-state index in [0.717, 1.165) is 0 Å². The molecule has 0 aliphatic heterocycles. The van der Waals surface area contributed by atoms with Crippen molar-refractivity contribution in [1.82, 2.24) is 0 Å². The Morgan fingerprint density at radius 1 is 0.778 bits per heavy atom. The molecule has 0 heterocycles. The van der Waals surface area contributed by atoms with Crippen molar-refractivity contribution >= 4 is 12.4 Å². The van der Waals surface area contributed by atoms with Gasteiger partial charge in [-0.25, -0.2) is 18.6 Å². The first-order valence-electron chi connectivity index (χ1n) is 7.11. The third-order valence-corrected chi connectivity index (χ3v) is 2.69. The van der Waals surface area contributed by atoms with Crippen molar-refractivity contribution in [3.63, 3.8) is 0 Å². The van der Waals surface area contributed by atoms with Crippen LogP contribution in [0, 0.1) is 10.2 Å². The molecule has 0 aromatic heterocycles. The van der Waals surface area contributed by atoms with E-state index in [2.05, 4.69) is 9.98 Å². The number of hydrogen-bond donors (Lipinski definition) is 2. The van der Waals surface area contributed by atoms with Gasteiger partial charge in [-0.2, -0.15) is 0 Å². The number of rotatable bonds is 5. The number of hydrogen-bond acceptors (Lipinski definition) is 9. The van der Waals surface area contributed by atoms with E-state index in [1.54, 1.807) is 48.8 Å². The van der Waals surface area contributed by atoms with Crippen molar-refractivity contribution in [2.45, 2.75) is 0 Å². The van der Waals surface area contributed by atoms with E-state index >= 15 is 0 Å². The van der Waals surface area contributed by atoms with Crippen LogP contribution in [-0.4, -0.2) is 35.7 Å². The van der Waals surface area contributed by atoms with Crippen LogP contribution in [0.2, 0.25) is 0 Å². The molecule has 2 aromatic rings. The summed E-state index contributed by atoms with van der Waals surface area (Å²) in [4.78, 5) is 8.39. The first-order valence-corrected chi connectivity index (χ1v) is 8.87. The molecule has 2 rings (SSSR count). The number of aliphatic imine (C=N–C) groups is 2. The summed E-state index contributed by atoms with van der Waals surface area (Å²) in [7, 11) is -4.94. The number of aromatic hydroxyl groups is 2. The molecule has 2 aromatic carbocycles. The summed E-state index contributed by atoms with van der Waals surface area (Å²) in [6, 6.07) is 14.1. The zero-order valence-electron chi connectivity index (χ0n) is 13.8. The molecule has 0 spiro atoms. The second kappa shape index (κ2) is 14.0. The van der Waals surface area contributed by atoms with Crippen molar-refractivity contribution in [2.75, 3.05) is 13.1 Å². The second-order valence-electron chi connectivity index (χ2n) is 4.57. The van der Waals surface area contributed by atoms with E-state index < -0.39 is 10.2 Å². The fourth-order valence-corrected chi connectivity index (χ4v) is 1.63. The van der Waals surface area contributed by atoms with Gasteiger partial charge < -0.3 is 10.2 Å². The Morgan fingerprint density at radius 3 is 1.37 bits per heavy atom. The number of halogens is 1. The minimum absolute atomic E-state index is 0.217. The van der Waals surface area contributed by atoms with Crippen LogP contribution in [0.3, 0.4) is 0 Å². The zero-order chi connectivity index (χ0) is 20.7. The molecule has 2 N–H and O–H groups in total. The van der Waals surface area contributed by atoms with Crippen LogP contribution in [0.1, 0.15) is 11.1 Å². The molecule has 0 fully saturated rings. The molecule has 9 nitrogen and oxygen atoms in total. The van der Waals surface area contributed by atoms with Gasteiger partial charge in [0.25, 0.3) is 0 Å². The fraction of sp³-hybridized carbons (Fsp3) is 0.125. The third-order valence-electron chi connectivity index (χ3n) is 2.69. The second-order valence-corrected chi connectivity index (χ2v) is 5.32. The fourth-order valence-electron chi connectivity index (χ4n) is 1.63. The Balaban J connectivity index is 0.000000838. The predicted molar refractivity (Wildman–Crippen MR) is 81.8 cm³/mol. The van der Waals surface area contributed by atoms with Gasteiger partial charge in [0, 0.05) is 23.6 Å². The Hall–Kier alpha value is -2.16.